The fourth-order valence-corrected chi connectivity index (χ4v) is 1.93. The van der Waals surface area contributed by atoms with E-state index >= 15 is 0 Å². The first-order valence-electron chi connectivity index (χ1n) is 5.46. The highest BCUT2D eigenvalue weighted by Crippen LogP contribution is 2.12. The molecule has 0 unspecified atom stereocenters. The standard InChI is InChI=1S/C12H15IN2O3/c1-7(2)10(11(16)17)15-12(18)14-9-5-3-4-8(13)6-9/h3-7,10H,1-2H3,(H,16,17)(H2,14,15,18)/t10-/m0/s1. The zero-order valence-corrected chi connectivity index (χ0v) is 12.3. The van der Waals surface area contributed by atoms with Crippen molar-refractivity contribution in [3.05, 3.63) is 27.8 Å². The molecule has 0 saturated carbocycles. The topological polar surface area (TPSA) is 78.4 Å². The van der Waals surface area contributed by atoms with Crippen LogP contribution in [0.5, 0.6) is 0 Å². The maximum absolute atomic E-state index is 11.7. The molecule has 6 heteroatoms. The molecule has 1 aromatic rings. The van der Waals surface area contributed by atoms with E-state index in [2.05, 4.69) is 33.2 Å². The van der Waals surface area contributed by atoms with E-state index in [9.17, 15) is 9.59 Å². The van der Waals surface area contributed by atoms with Crippen LogP contribution in [-0.4, -0.2) is 23.1 Å². The number of nitrogens with one attached hydrogen (secondary N) is 2. The summed E-state index contributed by atoms with van der Waals surface area (Å²) in [5, 5.41) is 14.0. The van der Waals surface area contributed by atoms with E-state index in [0.717, 1.165) is 3.57 Å². The van der Waals surface area contributed by atoms with E-state index in [-0.39, 0.29) is 5.92 Å². The third-order valence-corrected chi connectivity index (χ3v) is 2.97. The summed E-state index contributed by atoms with van der Waals surface area (Å²) in [7, 11) is 0. The summed E-state index contributed by atoms with van der Waals surface area (Å²) >= 11 is 2.13. The van der Waals surface area contributed by atoms with Crippen molar-refractivity contribution in [3.63, 3.8) is 0 Å². The van der Waals surface area contributed by atoms with Crippen LogP contribution < -0.4 is 10.6 Å². The second-order valence-electron chi connectivity index (χ2n) is 4.17. The van der Waals surface area contributed by atoms with Gasteiger partial charge in [-0.25, -0.2) is 9.59 Å². The van der Waals surface area contributed by atoms with Crippen LogP contribution >= 0.6 is 22.6 Å². The zero-order valence-electron chi connectivity index (χ0n) is 10.1. The molecule has 3 N–H and O–H groups in total. The third-order valence-electron chi connectivity index (χ3n) is 2.30. The second kappa shape index (κ2) is 6.58. The average Bonchev–Trinajstić information content (AvgIpc) is 2.25. The zero-order chi connectivity index (χ0) is 13.7. The molecule has 0 aliphatic heterocycles. The number of hydrogen-bond donors (Lipinski definition) is 3. The minimum absolute atomic E-state index is 0.177. The van der Waals surface area contributed by atoms with Gasteiger partial charge in [-0.05, 0) is 46.7 Å². The van der Waals surface area contributed by atoms with E-state index in [1.54, 1.807) is 26.0 Å². The van der Waals surface area contributed by atoms with Crippen LogP contribution in [0.1, 0.15) is 13.8 Å². The molecule has 1 atom stereocenters. The van der Waals surface area contributed by atoms with Crippen LogP contribution in [0.4, 0.5) is 10.5 Å². The normalized spacial score (nSPS) is 12.0. The molecule has 0 saturated heterocycles. The Morgan fingerprint density at radius 2 is 2.00 bits per heavy atom. The van der Waals surface area contributed by atoms with Crippen LogP contribution in [-0.2, 0) is 4.79 Å². The lowest BCUT2D eigenvalue weighted by Crippen LogP contribution is -2.46. The molecule has 0 bridgehead atoms. The molecule has 0 aromatic heterocycles. The lowest BCUT2D eigenvalue weighted by Gasteiger charge is -2.18. The number of carbonyl (C=O) groups excluding carboxylic acids is 1. The van der Waals surface area contributed by atoms with E-state index in [1.165, 1.54) is 0 Å². The molecule has 0 heterocycles. The highest BCUT2D eigenvalue weighted by atomic mass is 127. The smallest absolute Gasteiger partial charge is 0.326 e. The second-order valence-corrected chi connectivity index (χ2v) is 5.41. The van der Waals surface area contributed by atoms with Crippen molar-refractivity contribution >= 4 is 40.3 Å². The maximum Gasteiger partial charge on any atom is 0.326 e. The molecule has 0 spiro atoms. The Kier molecular flexibility index (Phi) is 5.39. The Morgan fingerprint density at radius 1 is 1.33 bits per heavy atom. The number of benzene rings is 1. The Bertz CT molecular complexity index is 449. The monoisotopic (exact) mass is 362 g/mol. The van der Waals surface area contributed by atoms with Gasteiger partial charge in [0.1, 0.15) is 6.04 Å². The predicted molar refractivity (Wildman–Crippen MR) is 77.6 cm³/mol. The van der Waals surface area contributed by atoms with Crippen LogP contribution in [0.25, 0.3) is 0 Å². The molecule has 0 fully saturated rings. The number of aliphatic carboxylic acids is 1. The van der Waals surface area contributed by atoms with Crippen LogP contribution in [0, 0.1) is 9.49 Å². The van der Waals surface area contributed by atoms with Crippen molar-refractivity contribution in [1.82, 2.24) is 5.32 Å². The summed E-state index contributed by atoms with van der Waals surface area (Å²) in [5.41, 5.74) is 0.632. The fourth-order valence-electron chi connectivity index (χ4n) is 1.39. The number of carbonyl (C=O) groups is 2. The minimum Gasteiger partial charge on any atom is -0.480 e. The first-order chi connectivity index (χ1) is 8.40. The molecule has 98 valence electrons. The summed E-state index contributed by atoms with van der Waals surface area (Å²) in [6.45, 7) is 3.48. The van der Waals surface area contributed by atoms with Crippen molar-refractivity contribution in [2.24, 2.45) is 5.92 Å². The van der Waals surface area contributed by atoms with Crippen molar-refractivity contribution < 1.29 is 14.7 Å². The van der Waals surface area contributed by atoms with Gasteiger partial charge in [-0.15, -0.1) is 0 Å². The van der Waals surface area contributed by atoms with E-state index in [0.29, 0.717) is 5.69 Å². The van der Waals surface area contributed by atoms with Crippen LogP contribution in [0.15, 0.2) is 24.3 Å². The molecule has 0 radical (unpaired) electrons. The van der Waals surface area contributed by atoms with Gasteiger partial charge in [0.15, 0.2) is 0 Å². The van der Waals surface area contributed by atoms with Gasteiger partial charge in [0.2, 0.25) is 0 Å². The molecular weight excluding hydrogens is 347 g/mol. The van der Waals surface area contributed by atoms with Gasteiger partial charge in [-0.2, -0.15) is 0 Å². The molecule has 1 aromatic carbocycles. The Labute approximate surface area is 119 Å². The number of halogens is 1. The predicted octanol–water partition coefficient (Wildman–Crippen LogP) is 2.52. The summed E-state index contributed by atoms with van der Waals surface area (Å²) in [4.78, 5) is 22.6. The summed E-state index contributed by atoms with van der Waals surface area (Å²) in [5.74, 6) is -1.22. The van der Waals surface area contributed by atoms with Crippen molar-refractivity contribution in [2.45, 2.75) is 19.9 Å². The van der Waals surface area contributed by atoms with Gasteiger partial charge in [-0.3, -0.25) is 0 Å². The van der Waals surface area contributed by atoms with Gasteiger partial charge in [0, 0.05) is 9.26 Å². The van der Waals surface area contributed by atoms with Crippen molar-refractivity contribution in [2.75, 3.05) is 5.32 Å². The molecule has 18 heavy (non-hydrogen) atoms. The van der Waals surface area contributed by atoms with E-state index < -0.39 is 18.0 Å². The molecule has 1 rings (SSSR count). The minimum atomic E-state index is -1.04. The number of hydrogen-bond acceptors (Lipinski definition) is 2. The number of anilines is 1. The third kappa shape index (κ3) is 4.52. The SMILES string of the molecule is CC(C)[C@H](NC(=O)Nc1cccc(I)c1)C(=O)O. The highest BCUT2D eigenvalue weighted by molar-refractivity contribution is 14.1. The Morgan fingerprint density at radius 3 is 2.50 bits per heavy atom. The van der Waals surface area contributed by atoms with Crippen molar-refractivity contribution in [1.29, 1.82) is 0 Å². The summed E-state index contributed by atoms with van der Waals surface area (Å²) in [6, 6.07) is 5.84. The van der Waals surface area contributed by atoms with E-state index in [1.807, 2.05) is 12.1 Å². The van der Waals surface area contributed by atoms with Gasteiger partial charge in [0.25, 0.3) is 0 Å². The fraction of sp³-hybridized carbons (Fsp3) is 0.333. The molecule has 2 amide bonds. The lowest BCUT2D eigenvalue weighted by molar-refractivity contribution is -0.140. The van der Waals surface area contributed by atoms with Gasteiger partial charge >= 0.3 is 12.0 Å². The number of amides is 2. The van der Waals surface area contributed by atoms with Gasteiger partial charge in [0.05, 0.1) is 0 Å². The largest absolute Gasteiger partial charge is 0.480 e. The number of carboxylic acids is 1. The number of rotatable bonds is 4. The van der Waals surface area contributed by atoms with E-state index in [4.69, 9.17) is 5.11 Å². The molecule has 0 aliphatic carbocycles. The lowest BCUT2D eigenvalue weighted by atomic mass is 10.1. The number of carboxylic acid groups (broad SMARTS) is 1. The molecule has 5 nitrogen and oxygen atoms in total. The average molecular weight is 362 g/mol. The van der Waals surface area contributed by atoms with Crippen molar-refractivity contribution in [3.8, 4) is 0 Å². The van der Waals surface area contributed by atoms with Crippen LogP contribution in [0.2, 0.25) is 0 Å². The first kappa shape index (κ1) is 14.7. The Balaban J connectivity index is 2.63. The summed E-state index contributed by atoms with van der Waals surface area (Å²) < 4.78 is 0.990. The van der Waals surface area contributed by atoms with Crippen LogP contribution in [0.3, 0.4) is 0 Å². The quantitative estimate of drug-likeness (QED) is 0.721. The van der Waals surface area contributed by atoms with Gasteiger partial charge in [-0.1, -0.05) is 19.9 Å². The molecular formula is C12H15IN2O3. The Hall–Kier alpha value is -1.31. The molecule has 0 aliphatic rings. The summed E-state index contributed by atoms with van der Waals surface area (Å²) in [6.07, 6.45) is 0. The highest BCUT2D eigenvalue weighted by Gasteiger charge is 2.23. The maximum atomic E-state index is 11.7. The number of urea groups is 1. The van der Waals surface area contributed by atoms with Gasteiger partial charge < -0.3 is 15.7 Å². The first-order valence-corrected chi connectivity index (χ1v) is 6.54.